The van der Waals surface area contributed by atoms with Crippen molar-refractivity contribution in [1.82, 2.24) is 20.2 Å². The Morgan fingerprint density at radius 2 is 2.10 bits per heavy atom. The van der Waals surface area contributed by atoms with E-state index in [0.717, 1.165) is 0 Å². The van der Waals surface area contributed by atoms with Crippen molar-refractivity contribution >= 4 is 0 Å². The van der Waals surface area contributed by atoms with Gasteiger partial charge in [0.1, 0.15) is 5.69 Å². The first kappa shape index (κ1) is 13.6. The van der Waals surface area contributed by atoms with Crippen LogP contribution in [0.15, 0.2) is 21.9 Å². The maximum Gasteiger partial charge on any atom is 0.325 e. The molecule has 21 heavy (non-hydrogen) atoms. The Labute approximate surface area is 117 Å². The van der Waals surface area contributed by atoms with Gasteiger partial charge in [0.2, 0.25) is 6.43 Å². The summed E-state index contributed by atoms with van der Waals surface area (Å²) in [6.45, 7) is 1.70. The van der Waals surface area contributed by atoms with Crippen molar-refractivity contribution in [2.24, 2.45) is 5.92 Å². The summed E-state index contributed by atoms with van der Waals surface area (Å²) < 4.78 is 25.4. The zero-order chi connectivity index (χ0) is 15.1. The Morgan fingerprint density at radius 1 is 1.33 bits per heavy atom. The number of nitrogens with zero attached hydrogens (tertiary/aromatic N) is 2. The predicted molar refractivity (Wildman–Crippen MR) is 70.3 cm³/mol. The summed E-state index contributed by atoms with van der Waals surface area (Å²) in [7, 11) is 0. The van der Waals surface area contributed by atoms with Gasteiger partial charge in [0.05, 0.1) is 11.3 Å². The van der Waals surface area contributed by atoms with Crippen LogP contribution in [0, 0.1) is 12.8 Å². The Kier molecular flexibility index (Phi) is 3.15. The number of nitrogens with one attached hydrogen (secondary N) is 2. The van der Waals surface area contributed by atoms with Crippen molar-refractivity contribution < 1.29 is 8.78 Å². The molecule has 0 bridgehead atoms. The van der Waals surface area contributed by atoms with Gasteiger partial charge < -0.3 is 4.98 Å². The Bertz CT molecular complexity index is 799. The molecular weight excluding hydrogens is 282 g/mol. The molecule has 0 aromatic carbocycles. The van der Waals surface area contributed by atoms with E-state index in [0.29, 0.717) is 17.7 Å². The Hall–Kier alpha value is -2.38. The third-order valence-electron chi connectivity index (χ3n) is 3.68. The van der Waals surface area contributed by atoms with Crippen molar-refractivity contribution in [2.75, 3.05) is 0 Å². The molecule has 1 fully saturated rings. The van der Waals surface area contributed by atoms with Crippen LogP contribution in [-0.2, 0) is 0 Å². The van der Waals surface area contributed by atoms with Crippen LogP contribution < -0.4 is 11.2 Å². The average molecular weight is 294 g/mol. The zero-order valence-electron chi connectivity index (χ0n) is 11.1. The first-order valence-corrected chi connectivity index (χ1v) is 6.42. The minimum Gasteiger partial charge on any atom is -0.313 e. The number of aryl methyl sites for hydroxylation is 1. The van der Waals surface area contributed by atoms with Crippen LogP contribution in [0.3, 0.4) is 0 Å². The molecule has 8 heteroatoms. The maximum absolute atomic E-state index is 12.7. The summed E-state index contributed by atoms with van der Waals surface area (Å²) in [5, 5.41) is 7.83. The molecule has 6 nitrogen and oxygen atoms in total. The molecule has 0 aliphatic heterocycles. The Morgan fingerprint density at radius 3 is 2.71 bits per heavy atom. The van der Waals surface area contributed by atoms with Gasteiger partial charge >= 0.3 is 5.69 Å². The van der Waals surface area contributed by atoms with Gasteiger partial charge in [-0.25, -0.2) is 13.6 Å². The molecule has 3 rings (SSSR count). The second-order valence-electron chi connectivity index (χ2n) is 5.10. The summed E-state index contributed by atoms with van der Waals surface area (Å²) in [4.78, 5) is 27.2. The van der Waals surface area contributed by atoms with Crippen LogP contribution in [0.5, 0.6) is 0 Å². The van der Waals surface area contributed by atoms with E-state index >= 15 is 0 Å². The van der Waals surface area contributed by atoms with Crippen molar-refractivity contribution in [3.8, 4) is 11.3 Å². The van der Waals surface area contributed by atoms with E-state index in [1.165, 1.54) is 6.20 Å². The molecule has 2 heterocycles. The van der Waals surface area contributed by atoms with E-state index < -0.39 is 23.6 Å². The van der Waals surface area contributed by atoms with E-state index in [1.807, 2.05) is 0 Å². The minimum atomic E-state index is -2.36. The third kappa shape index (κ3) is 2.48. The number of hydrogen-bond donors (Lipinski definition) is 2. The number of hydrogen-bond acceptors (Lipinski definition) is 4. The number of aromatic nitrogens is 4. The fourth-order valence-corrected chi connectivity index (χ4v) is 2.42. The lowest BCUT2D eigenvalue weighted by molar-refractivity contribution is 0.120. The highest BCUT2D eigenvalue weighted by molar-refractivity contribution is 5.57. The van der Waals surface area contributed by atoms with Gasteiger partial charge in [0, 0.05) is 12.1 Å². The summed E-state index contributed by atoms with van der Waals surface area (Å²) in [6.07, 6.45) is -0.713. The van der Waals surface area contributed by atoms with Crippen molar-refractivity contribution in [3.05, 3.63) is 44.4 Å². The van der Waals surface area contributed by atoms with E-state index in [2.05, 4.69) is 20.2 Å². The SMILES string of the molecule is Cc1nnc(-c2c[nH]c(=O)[nH]c2=O)cc1[C@H]1C[C@@H]1C(F)F. The molecule has 0 unspecified atom stereocenters. The van der Waals surface area contributed by atoms with E-state index in [9.17, 15) is 18.4 Å². The van der Waals surface area contributed by atoms with Crippen LogP contribution in [0.25, 0.3) is 11.3 Å². The summed E-state index contributed by atoms with van der Waals surface area (Å²) in [5.41, 5.74) is 0.447. The summed E-state index contributed by atoms with van der Waals surface area (Å²) in [6, 6.07) is 1.60. The summed E-state index contributed by atoms with van der Waals surface area (Å²) >= 11 is 0. The predicted octanol–water partition coefficient (Wildman–Crippen LogP) is 1.20. The monoisotopic (exact) mass is 294 g/mol. The van der Waals surface area contributed by atoms with Crippen LogP contribution in [0.2, 0.25) is 0 Å². The first-order chi connectivity index (χ1) is 9.97. The van der Waals surface area contributed by atoms with E-state index in [-0.39, 0.29) is 17.2 Å². The molecule has 0 saturated heterocycles. The van der Waals surface area contributed by atoms with E-state index in [1.54, 1.807) is 13.0 Å². The fourth-order valence-electron chi connectivity index (χ4n) is 2.42. The average Bonchev–Trinajstić information content (AvgIpc) is 3.20. The highest BCUT2D eigenvalue weighted by Gasteiger charge is 2.46. The number of halogens is 2. The second-order valence-corrected chi connectivity index (χ2v) is 5.10. The first-order valence-electron chi connectivity index (χ1n) is 6.42. The van der Waals surface area contributed by atoms with Crippen molar-refractivity contribution in [2.45, 2.75) is 25.7 Å². The lowest BCUT2D eigenvalue weighted by Crippen LogP contribution is -2.23. The summed E-state index contributed by atoms with van der Waals surface area (Å²) in [5.74, 6) is -0.907. The zero-order valence-corrected chi connectivity index (χ0v) is 11.1. The van der Waals surface area contributed by atoms with Gasteiger partial charge in [0.25, 0.3) is 5.56 Å². The van der Waals surface area contributed by atoms with Crippen LogP contribution in [0.4, 0.5) is 8.78 Å². The lowest BCUT2D eigenvalue weighted by Gasteiger charge is -2.06. The van der Waals surface area contributed by atoms with Crippen molar-refractivity contribution in [1.29, 1.82) is 0 Å². The molecule has 0 radical (unpaired) electrons. The van der Waals surface area contributed by atoms with Gasteiger partial charge in [-0.1, -0.05) is 0 Å². The molecule has 1 aliphatic rings. The second kappa shape index (κ2) is 4.87. The minimum absolute atomic E-state index is 0.151. The standard InChI is InChI=1S/C13H12F2N4O2/c1-5-6(7-2-8(7)11(14)15)3-10(19-18-5)9-4-16-13(21)17-12(9)20/h3-4,7-8,11H,2H2,1H3,(H2,16,17,20,21)/t7-,8+/m1/s1. The molecule has 1 saturated carbocycles. The molecule has 0 amide bonds. The van der Waals surface area contributed by atoms with Gasteiger partial charge in [-0.05, 0) is 30.9 Å². The number of H-pyrrole nitrogens is 2. The maximum atomic E-state index is 12.7. The molecule has 2 aromatic rings. The van der Waals surface area contributed by atoms with Crippen LogP contribution in [0.1, 0.15) is 23.6 Å². The molecule has 2 N–H and O–H groups in total. The van der Waals surface area contributed by atoms with Crippen molar-refractivity contribution in [3.63, 3.8) is 0 Å². The molecule has 2 atom stereocenters. The molecule has 0 spiro atoms. The number of aromatic amines is 2. The molecule has 2 aromatic heterocycles. The molecular formula is C13H12F2N4O2. The highest BCUT2D eigenvalue weighted by atomic mass is 19.3. The van der Waals surface area contributed by atoms with E-state index in [4.69, 9.17) is 0 Å². The normalized spacial score (nSPS) is 20.8. The van der Waals surface area contributed by atoms with Crippen LogP contribution >= 0.6 is 0 Å². The largest absolute Gasteiger partial charge is 0.325 e. The number of alkyl halides is 2. The highest BCUT2D eigenvalue weighted by Crippen LogP contribution is 2.51. The van der Waals surface area contributed by atoms with Gasteiger partial charge in [0.15, 0.2) is 0 Å². The van der Waals surface area contributed by atoms with Gasteiger partial charge in [-0.2, -0.15) is 5.10 Å². The molecule has 110 valence electrons. The van der Waals surface area contributed by atoms with Gasteiger partial charge in [-0.15, -0.1) is 5.10 Å². The fraction of sp³-hybridized carbons (Fsp3) is 0.385. The smallest absolute Gasteiger partial charge is 0.313 e. The van der Waals surface area contributed by atoms with Gasteiger partial charge in [-0.3, -0.25) is 9.78 Å². The van der Waals surface area contributed by atoms with Crippen LogP contribution in [-0.4, -0.2) is 26.6 Å². The number of rotatable bonds is 3. The molecule has 1 aliphatic carbocycles. The quantitative estimate of drug-likeness (QED) is 0.889. The topological polar surface area (TPSA) is 91.5 Å². The Balaban J connectivity index is 2.02. The third-order valence-corrected chi connectivity index (χ3v) is 3.68. The lowest BCUT2D eigenvalue weighted by atomic mass is 10.1.